The topological polar surface area (TPSA) is 61.8 Å². The van der Waals surface area contributed by atoms with Crippen molar-refractivity contribution in [3.63, 3.8) is 0 Å². The summed E-state index contributed by atoms with van der Waals surface area (Å²) in [7, 11) is -3.32. The lowest BCUT2D eigenvalue weighted by atomic mass is 10.6. The quantitative estimate of drug-likeness (QED) is 0.532. The second kappa shape index (κ2) is 5.55. The molecule has 0 unspecified atom stereocenters. The van der Waals surface area contributed by atoms with Gasteiger partial charge >= 0.3 is 8.80 Å². The lowest BCUT2D eigenvalue weighted by Gasteiger charge is -2.28. The highest BCUT2D eigenvalue weighted by atomic mass is 28.4. The third-order valence-corrected chi connectivity index (χ3v) is 4.58. The maximum absolute atomic E-state index is 10.9. The van der Waals surface area contributed by atoms with Gasteiger partial charge in [0.15, 0.2) is 0 Å². The molecule has 0 atom stereocenters. The first kappa shape index (κ1) is 13.7. The van der Waals surface area contributed by atoms with Gasteiger partial charge in [-0.1, -0.05) is 20.4 Å². The van der Waals surface area contributed by atoms with Crippen molar-refractivity contribution in [2.75, 3.05) is 0 Å². The number of hydrogen-bond donors (Lipinski definition) is 0. The Balaban J connectivity index is 4.95. The maximum atomic E-state index is 10.9. The van der Waals surface area contributed by atoms with E-state index in [1.54, 1.807) is 13.8 Å². The van der Waals surface area contributed by atoms with Crippen LogP contribution < -0.4 is 0 Å². The van der Waals surface area contributed by atoms with E-state index in [-0.39, 0.29) is 5.54 Å². The fourth-order valence-electron chi connectivity index (χ4n) is 0.958. The summed E-state index contributed by atoms with van der Waals surface area (Å²) in [6, 6.07) is 0. The summed E-state index contributed by atoms with van der Waals surface area (Å²) in [4.78, 5) is 21.9. The second-order valence-electron chi connectivity index (χ2n) is 3.23. The van der Waals surface area contributed by atoms with Gasteiger partial charge in [0.1, 0.15) is 0 Å². The largest absolute Gasteiger partial charge is 0.705 e. The van der Waals surface area contributed by atoms with Gasteiger partial charge in [0.05, 0.1) is 11.8 Å². The van der Waals surface area contributed by atoms with Gasteiger partial charge in [-0.25, -0.2) is 0 Å². The SMILES string of the molecule is C=CO[Si](OC(C)=O)(OC(C)=O)C(C)C. The van der Waals surface area contributed by atoms with Crippen LogP contribution in [0.1, 0.15) is 27.7 Å². The third kappa shape index (κ3) is 4.16. The predicted molar refractivity (Wildman–Crippen MR) is 55.7 cm³/mol. The normalized spacial score (nSPS) is 10.7. The van der Waals surface area contributed by atoms with Crippen molar-refractivity contribution in [1.82, 2.24) is 0 Å². The molecule has 0 aliphatic rings. The Morgan fingerprint density at radius 1 is 1.20 bits per heavy atom. The molecular weight excluding hydrogens is 216 g/mol. The molecule has 15 heavy (non-hydrogen) atoms. The van der Waals surface area contributed by atoms with E-state index in [2.05, 4.69) is 6.58 Å². The van der Waals surface area contributed by atoms with Crippen LogP contribution in [-0.2, 0) is 22.9 Å². The van der Waals surface area contributed by atoms with E-state index < -0.39 is 20.7 Å². The molecule has 0 aromatic rings. The summed E-state index contributed by atoms with van der Waals surface area (Å²) in [6.07, 6.45) is 1.12. The lowest BCUT2D eigenvalue weighted by molar-refractivity contribution is -0.142. The molecule has 0 saturated heterocycles. The Kier molecular flexibility index (Phi) is 5.06. The molecule has 0 radical (unpaired) electrons. The van der Waals surface area contributed by atoms with Crippen LogP contribution in [-0.4, -0.2) is 20.7 Å². The molecule has 0 amide bonds. The molecule has 0 aliphatic carbocycles. The minimum Gasteiger partial charge on any atom is -0.490 e. The molecule has 0 bridgehead atoms. The van der Waals surface area contributed by atoms with Crippen LogP contribution in [0.25, 0.3) is 0 Å². The van der Waals surface area contributed by atoms with Crippen molar-refractivity contribution in [2.24, 2.45) is 0 Å². The standard InChI is InChI=1S/C9H16O5Si/c1-6-12-15(7(2)3,13-8(4)10)14-9(5)11/h6-7H,1H2,2-5H3. The highest BCUT2D eigenvalue weighted by Gasteiger charge is 2.53. The van der Waals surface area contributed by atoms with Crippen LogP contribution in [0.2, 0.25) is 5.54 Å². The van der Waals surface area contributed by atoms with E-state index in [4.69, 9.17) is 13.3 Å². The van der Waals surface area contributed by atoms with Gasteiger partial charge in [0.25, 0.3) is 11.9 Å². The summed E-state index contributed by atoms with van der Waals surface area (Å²) >= 11 is 0. The van der Waals surface area contributed by atoms with Crippen molar-refractivity contribution < 1.29 is 22.9 Å². The molecule has 0 aromatic heterocycles. The number of carbonyl (C=O) groups excluding carboxylic acids is 2. The molecule has 6 heteroatoms. The predicted octanol–water partition coefficient (Wildman–Crippen LogP) is 1.62. The highest BCUT2D eigenvalue weighted by Crippen LogP contribution is 2.25. The lowest BCUT2D eigenvalue weighted by Crippen LogP contribution is -2.49. The van der Waals surface area contributed by atoms with Crippen LogP contribution >= 0.6 is 0 Å². The van der Waals surface area contributed by atoms with Crippen molar-refractivity contribution in [2.45, 2.75) is 33.2 Å². The zero-order valence-electron chi connectivity index (χ0n) is 9.40. The van der Waals surface area contributed by atoms with E-state index in [1.165, 1.54) is 13.8 Å². The first-order valence-corrected chi connectivity index (χ1v) is 6.32. The van der Waals surface area contributed by atoms with Gasteiger partial charge < -0.3 is 13.3 Å². The molecular formula is C9H16O5Si. The summed E-state index contributed by atoms with van der Waals surface area (Å²) in [5, 5.41) is 0. The van der Waals surface area contributed by atoms with E-state index in [1.807, 2.05) is 0 Å². The monoisotopic (exact) mass is 232 g/mol. The van der Waals surface area contributed by atoms with Crippen molar-refractivity contribution in [3.05, 3.63) is 12.8 Å². The van der Waals surface area contributed by atoms with Gasteiger partial charge in [0.2, 0.25) is 0 Å². The third-order valence-electron chi connectivity index (χ3n) is 1.53. The van der Waals surface area contributed by atoms with Crippen molar-refractivity contribution >= 4 is 20.7 Å². The Bertz CT molecular complexity index is 245. The van der Waals surface area contributed by atoms with Gasteiger partial charge in [-0.15, -0.1) is 0 Å². The minimum atomic E-state index is -3.32. The van der Waals surface area contributed by atoms with Crippen LogP contribution in [0.5, 0.6) is 0 Å². The van der Waals surface area contributed by atoms with Gasteiger partial charge in [-0.2, -0.15) is 0 Å². The Hall–Kier alpha value is -1.30. The first-order chi connectivity index (χ1) is 6.84. The maximum Gasteiger partial charge on any atom is 0.705 e. The second-order valence-corrected chi connectivity index (χ2v) is 6.24. The summed E-state index contributed by atoms with van der Waals surface area (Å²) in [5.41, 5.74) is -0.219. The fraction of sp³-hybridized carbons (Fsp3) is 0.556. The molecule has 0 heterocycles. The molecule has 0 fully saturated rings. The summed E-state index contributed by atoms with van der Waals surface area (Å²) in [5.74, 6) is -1.09. The van der Waals surface area contributed by atoms with Crippen molar-refractivity contribution in [1.29, 1.82) is 0 Å². The molecule has 0 N–H and O–H groups in total. The van der Waals surface area contributed by atoms with Crippen LogP contribution in [0.15, 0.2) is 12.8 Å². The molecule has 0 aromatic carbocycles. The zero-order valence-corrected chi connectivity index (χ0v) is 10.4. The van der Waals surface area contributed by atoms with E-state index in [0.717, 1.165) is 6.26 Å². The van der Waals surface area contributed by atoms with Gasteiger partial charge in [-0.3, -0.25) is 9.59 Å². The Morgan fingerprint density at radius 2 is 1.60 bits per heavy atom. The van der Waals surface area contributed by atoms with Crippen LogP contribution in [0.4, 0.5) is 0 Å². The Labute approximate surface area is 90.4 Å². The molecule has 0 rings (SSSR count). The average molecular weight is 232 g/mol. The van der Waals surface area contributed by atoms with Crippen LogP contribution in [0, 0.1) is 0 Å². The zero-order chi connectivity index (χ0) is 12.1. The molecule has 0 aliphatic heterocycles. The van der Waals surface area contributed by atoms with Gasteiger partial charge in [-0.05, 0) is 0 Å². The molecule has 86 valence electrons. The average Bonchev–Trinajstić information content (AvgIpc) is 2.01. The molecule has 5 nitrogen and oxygen atoms in total. The number of hydrogen-bond acceptors (Lipinski definition) is 5. The Morgan fingerprint density at radius 3 is 1.80 bits per heavy atom. The molecule has 0 spiro atoms. The highest BCUT2D eigenvalue weighted by molar-refractivity contribution is 6.65. The summed E-state index contributed by atoms with van der Waals surface area (Å²) < 4.78 is 15.2. The fourth-order valence-corrected chi connectivity index (χ4v) is 2.87. The van der Waals surface area contributed by atoms with Gasteiger partial charge in [0, 0.05) is 13.8 Å². The summed E-state index contributed by atoms with van der Waals surface area (Å²) in [6.45, 7) is 9.35. The number of rotatable bonds is 5. The van der Waals surface area contributed by atoms with E-state index in [0.29, 0.717) is 0 Å². The molecule has 0 saturated carbocycles. The van der Waals surface area contributed by atoms with Crippen molar-refractivity contribution in [3.8, 4) is 0 Å². The van der Waals surface area contributed by atoms with Crippen LogP contribution in [0.3, 0.4) is 0 Å². The van der Waals surface area contributed by atoms with E-state index in [9.17, 15) is 9.59 Å². The number of carbonyl (C=O) groups is 2. The van der Waals surface area contributed by atoms with E-state index >= 15 is 0 Å². The minimum absolute atomic E-state index is 0.219. The first-order valence-electron chi connectivity index (χ1n) is 4.52. The smallest absolute Gasteiger partial charge is 0.490 e.